The highest BCUT2D eigenvalue weighted by atomic mass is 35.5. The number of fused-ring (bicyclic) bond motifs is 2. The fourth-order valence-corrected chi connectivity index (χ4v) is 1.65. The van der Waals surface area contributed by atoms with Gasteiger partial charge in [0.2, 0.25) is 0 Å². The highest BCUT2D eigenvalue weighted by Gasteiger charge is 2.25. The monoisotopic (exact) mass is 222 g/mol. The Labute approximate surface area is 91.8 Å². The molecule has 2 rings (SSSR count). The molecule has 0 heterocycles. The van der Waals surface area contributed by atoms with Crippen LogP contribution in [0.15, 0.2) is 35.5 Å². The maximum atomic E-state index is 2.24. The van der Waals surface area contributed by atoms with Crippen LogP contribution >= 0.6 is 24.8 Å². The van der Waals surface area contributed by atoms with E-state index in [1.807, 2.05) is 0 Å². The number of likely N-dealkylation sites (N-methyl/N-ethyl adjacent to an activating group) is 1. The van der Waals surface area contributed by atoms with Crippen LogP contribution in [0.25, 0.3) is 0 Å². The van der Waals surface area contributed by atoms with E-state index in [1.54, 1.807) is 0 Å². The molecule has 0 unspecified atom stereocenters. The highest BCUT2D eigenvalue weighted by Crippen LogP contribution is 2.31. The molecular weight excluding hydrogens is 207 g/mol. The third kappa shape index (κ3) is 2.35. The van der Waals surface area contributed by atoms with E-state index in [0.29, 0.717) is 6.04 Å². The van der Waals surface area contributed by atoms with Gasteiger partial charge in [-0.2, -0.15) is 0 Å². The van der Waals surface area contributed by atoms with Gasteiger partial charge in [-0.05, 0) is 25.2 Å². The van der Waals surface area contributed by atoms with Gasteiger partial charge in [-0.15, -0.1) is 24.8 Å². The van der Waals surface area contributed by atoms with Crippen molar-refractivity contribution in [3.8, 4) is 0 Å². The molecule has 0 aromatic heterocycles. The molecule has 0 saturated heterocycles. The molecular formula is C9H16Cl2N2. The van der Waals surface area contributed by atoms with Crippen molar-refractivity contribution < 1.29 is 0 Å². The molecule has 2 nitrogen and oxygen atoms in total. The molecule has 0 aliphatic heterocycles. The quantitative estimate of drug-likeness (QED) is 0.741. The van der Waals surface area contributed by atoms with Crippen molar-refractivity contribution in [2.75, 3.05) is 14.1 Å². The average molecular weight is 223 g/mol. The molecule has 0 atom stereocenters. The fourth-order valence-electron chi connectivity index (χ4n) is 1.65. The van der Waals surface area contributed by atoms with E-state index in [-0.39, 0.29) is 31.0 Å². The van der Waals surface area contributed by atoms with Crippen LogP contribution in [-0.4, -0.2) is 25.0 Å². The number of nitrogens with zero attached hydrogens (tertiary/aromatic N) is 1. The molecule has 4 heteroatoms. The molecule has 0 amide bonds. The molecule has 0 aromatic carbocycles. The molecule has 76 valence electrons. The molecule has 2 aliphatic rings. The second-order valence-electron chi connectivity index (χ2n) is 3.03. The van der Waals surface area contributed by atoms with Crippen molar-refractivity contribution in [3.63, 3.8) is 0 Å². The van der Waals surface area contributed by atoms with Crippen LogP contribution in [0.3, 0.4) is 0 Å². The molecule has 3 N–H and O–H groups in total. The summed E-state index contributed by atoms with van der Waals surface area (Å²) in [4.78, 5) is 2.24. The molecule has 0 radical (unpaired) electrons. The third-order valence-corrected chi connectivity index (χ3v) is 2.08. The number of halogens is 2. The Bertz CT molecular complexity index is 232. The molecule has 0 spiro atoms. The summed E-state index contributed by atoms with van der Waals surface area (Å²) in [6, 6.07) is 0.556. The third-order valence-electron chi connectivity index (χ3n) is 2.08. The van der Waals surface area contributed by atoms with Crippen LogP contribution in [0.4, 0.5) is 0 Å². The van der Waals surface area contributed by atoms with Crippen LogP contribution in [0.2, 0.25) is 0 Å². The lowest BCUT2D eigenvalue weighted by atomic mass is 10.1. The summed E-state index contributed by atoms with van der Waals surface area (Å²) in [7, 11) is 4.23. The largest absolute Gasteiger partial charge is 0.344 e. The number of rotatable bonds is 1. The number of hydrogen-bond acceptors (Lipinski definition) is 2. The van der Waals surface area contributed by atoms with Gasteiger partial charge < -0.3 is 6.15 Å². The first-order chi connectivity index (χ1) is 4.79. The zero-order chi connectivity index (χ0) is 7.14. The van der Waals surface area contributed by atoms with Gasteiger partial charge in [0.1, 0.15) is 0 Å². The second kappa shape index (κ2) is 5.45. The summed E-state index contributed by atoms with van der Waals surface area (Å²) in [5, 5.41) is 0. The number of allylic oxidation sites excluding steroid dienone is 2. The molecule has 0 aromatic rings. The van der Waals surface area contributed by atoms with E-state index in [0.717, 1.165) is 0 Å². The SMILES string of the molecule is CN(C)C1C2=CC=C1C=C2.Cl.Cl.N. The van der Waals surface area contributed by atoms with Crippen molar-refractivity contribution in [1.29, 1.82) is 0 Å². The summed E-state index contributed by atoms with van der Waals surface area (Å²) in [5.74, 6) is 0. The first-order valence-corrected chi connectivity index (χ1v) is 3.55. The van der Waals surface area contributed by atoms with E-state index < -0.39 is 0 Å². The van der Waals surface area contributed by atoms with E-state index >= 15 is 0 Å². The van der Waals surface area contributed by atoms with Crippen molar-refractivity contribution >= 4 is 24.8 Å². The lowest BCUT2D eigenvalue weighted by Gasteiger charge is -2.19. The van der Waals surface area contributed by atoms with Gasteiger partial charge in [-0.25, -0.2) is 0 Å². The zero-order valence-electron chi connectivity index (χ0n) is 7.86. The molecule has 0 fully saturated rings. The van der Waals surface area contributed by atoms with Crippen molar-refractivity contribution in [3.05, 3.63) is 35.5 Å². The molecule has 2 bridgehead atoms. The minimum Gasteiger partial charge on any atom is -0.344 e. The Morgan fingerprint density at radius 3 is 1.54 bits per heavy atom. The Morgan fingerprint density at radius 2 is 1.38 bits per heavy atom. The van der Waals surface area contributed by atoms with Gasteiger partial charge in [0.05, 0.1) is 6.04 Å². The smallest absolute Gasteiger partial charge is 0.0596 e. The minimum atomic E-state index is 0. The predicted molar refractivity (Wildman–Crippen MR) is 62.3 cm³/mol. The van der Waals surface area contributed by atoms with Crippen molar-refractivity contribution in [2.45, 2.75) is 6.04 Å². The first kappa shape index (κ1) is 15.2. The lowest BCUT2D eigenvalue weighted by molar-refractivity contribution is 0.381. The Balaban J connectivity index is 0. The summed E-state index contributed by atoms with van der Waals surface area (Å²) in [6.45, 7) is 0. The summed E-state index contributed by atoms with van der Waals surface area (Å²) >= 11 is 0. The molecule has 13 heavy (non-hydrogen) atoms. The van der Waals surface area contributed by atoms with Gasteiger partial charge >= 0.3 is 0 Å². The normalized spacial score (nSPS) is 17.2. The summed E-state index contributed by atoms with van der Waals surface area (Å²) < 4.78 is 0. The molecule has 0 saturated carbocycles. The first-order valence-electron chi connectivity index (χ1n) is 3.55. The van der Waals surface area contributed by atoms with Crippen LogP contribution in [0.1, 0.15) is 0 Å². The maximum Gasteiger partial charge on any atom is 0.0596 e. The van der Waals surface area contributed by atoms with E-state index in [4.69, 9.17) is 0 Å². The van der Waals surface area contributed by atoms with Crippen LogP contribution in [-0.2, 0) is 0 Å². The molecule has 2 aliphatic carbocycles. The fraction of sp³-hybridized carbons (Fsp3) is 0.333. The van der Waals surface area contributed by atoms with Gasteiger partial charge in [0.15, 0.2) is 0 Å². The average Bonchev–Trinajstić information content (AvgIpc) is 2.43. The summed E-state index contributed by atoms with van der Waals surface area (Å²) in [5.41, 5.74) is 2.86. The van der Waals surface area contributed by atoms with Crippen LogP contribution < -0.4 is 6.15 Å². The second-order valence-corrected chi connectivity index (χ2v) is 3.03. The lowest BCUT2D eigenvalue weighted by Crippen LogP contribution is -2.26. The van der Waals surface area contributed by atoms with Gasteiger partial charge in [0, 0.05) is 0 Å². The Hall–Kier alpha value is -0.280. The van der Waals surface area contributed by atoms with E-state index in [1.165, 1.54) is 11.1 Å². The topological polar surface area (TPSA) is 38.2 Å². The zero-order valence-corrected chi connectivity index (χ0v) is 9.49. The summed E-state index contributed by atoms with van der Waals surface area (Å²) in [6.07, 6.45) is 8.78. The Kier molecular flexibility index (Phi) is 6.37. The van der Waals surface area contributed by atoms with Gasteiger partial charge in [-0.3, -0.25) is 4.90 Å². The van der Waals surface area contributed by atoms with Crippen LogP contribution in [0, 0.1) is 0 Å². The van der Waals surface area contributed by atoms with Crippen molar-refractivity contribution in [1.82, 2.24) is 11.1 Å². The van der Waals surface area contributed by atoms with Gasteiger partial charge in [0.25, 0.3) is 0 Å². The standard InChI is InChI=1S/C9H11N.2ClH.H3N/c1-10(2)9-7-3-4-8(9)6-5-7;;;/h3-6,9H,1-2H3;2*1H;1H3. The maximum absolute atomic E-state index is 2.24. The number of hydrogen-bond donors (Lipinski definition) is 1. The van der Waals surface area contributed by atoms with Gasteiger partial charge in [-0.1, -0.05) is 24.3 Å². The highest BCUT2D eigenvalue weighted by molar-refractivity contribution is 5.85. The van der Waals surface area contributed by atoms with E-state index in [9.17, 15) is 0 Å². The Morgan fingerprint density at radius 1 is 1.00 bits per heavy atom. The van der Waals surface area contributed by atoms with E-state index in [2.05, 4.69) is 43.3 Å². The predicted octanol–water partition coefficient (Wildman–Crippen LogP) is 2.36. The van der Waals surface area contributed by atoms with Crippen molar-refractivity contribution in [2.24, 2.45) is 0 Å². The minimum absolute atomic E-state index is 0. The van der Waals surface area contributed by atoms with Crippen LogP contribution in [0.5, 0.6) is 0 Å².